The van der Waals surface area contributed by atoms with Crippen LogP contribution in [0.3, 0.4) is 0 Å². The van der Waals surface area contributed by atoms with Crippen molar-refractivity contribution in [3.05, 3.63) is 70.6 Å². The predicted molar refractivity (Wildman–Crippen MR) is 132 cm³/mol. The first-order valence-electron chi connectivity index (χ1n) is 12.1. The SMILES string of the molecule is CCCn1c(=O)n(CCC(=O)N2CCN(CC(=O)NCc3ccccc3)CC2)c2ccccc21. The van der Waals surface area contributed by atoms with E-state index in [2.05, 4.69) is 17.1 Å². The number of aryl methyl sites for hydroxylation is 2. The van der Waals surface area contributed by atoms with Gasteiger partial charge in [0.2, 0.25) is 11.8 Å². The van der Waals surface area contributed by atoms with Gasteiger partial charge in [0, 0.05) is 52.2 Å². The molecule has 34 heavy (non-hydrogen) atoms. The van der Waals surface area contributed by atoms with E-state index < -0.39 is 0 Å². The number of nitrogens with one attached hydrogen (secondary N) is 1. The first-order chi connectivity index (χ1) is 16.6. The lowest BCUT2D eigenvalue weighted by Crippen LogP contribution is -2.51. The average Bonchev–Trinajstić information content (AvgIpc) is 3.13. The van der Waals surface area contributed by atoms with Crippen molar-refractivity contribution >= 4 is 22.8 Å². The lowest BCUT2D eigenvalue weighted by atomic mass is 10.2. The van der Waals surface area contributed by atoms with Gasteiger partial charge >= 0.3 is 5.69 Å². The molecule has 8 nitrogen and oxygen atoms in total. The molecule has 8 heteroatoms. The van der Waals surface area contributed by atoms with Crippen LogP contribution in [-0.2, 0) is 29.2 Å². The molecule has 1 saturated heterocycles. The molecule has 0 bridgehead atoms. The highest BCUT2D eigenvalue weighted by Gasteiger charge is 2.23. The van der Waals surface area contributed by atoms with Gasteiger partial charge in [-0.3, -0.25) is 23.6 Å². The van der Waals surface area contributed by atoms with Crippen LogP contribution in [0.5, 0.6) is 0 Å². The smallest absolute Gasteiger partial charge is 0.329 e. The van der Waals surface area contributed by atoms with Gasteiger partial charge in [0.25, 0.3) is 0 Å². The number of hydrogen-bond donors (Lipinski definition) is 1. The fraction of sp³-hybridized carbons (Fsp3) is 0.423. The van der Waals surface area contributed by atoms with Crippen molar-refractivity contribution in [1.82, 2.24) is 24.3 Å². The molecule has 0 atom stereocenters. The van der Waals surface area contributed by atoms with Crippen molar-refractivity contribution in [2.75, 3.05) is 32.7 Å². The molecule has 0 spiro atoms. The second-order valence-corrected chi connectivity index (χ2v) is 8.74. The molecule has 0 unspecified atom stereocenters. The first-order valence-corrected chi connectivity index (χ1v) is 12.1. The van der Waals surface area contributed by atoms with Gasteiger partial charge in [-0.15, -0.1) is 0 Å². The first kappa shape index (κ1) is 23.8. The van der Waals surface area contributed by atoms with Gasteiger partial charge in [0.05, 0.1) is 17.6 Å². The zero-order chi connectivity index (χ0) is 23.9. The Bertz CT molecular complexity index is 1180. The van der Waals surface area contributed by atoms with E-state index in [1.165, 1.54) is 0 Å². The summed E-state index contributed by atoms with van der Waals surface area (Å²) in [7, 11) is 0. The summed E-state index contributed by atoms with van der Waals surface area (Å²) in [6, 6.07) is 17.6. The number of carbonyl (C=O) groups excluding carboxylic acids is 2. The number of para-hydroxylation sites is 2. The van der Waals surface area contributed by atoms with Crippen LogP contribution in [0.2, 0.25) is 0 Å². The van der Waals surface area contributed by atoms with Gasteiger partial charge in [0.1, 0.15) is 0 Å². The summed E-state index contributed by atoms with van der Waals surface area (Å²) in [5, 5.41) is 2.95. The monoisotopic (exact) mass is 463 g/mol. The fourth-order valence-electron chi connectivity index (χ4n) is 4.50. The minimum atomic E-state index is -0.0535. The largest absolute Gasteiger partial charge is 0.351 e. The maximum absolute atomic E-state index is 12.9. The molecule has 1 aliphatic rings. The highest BCUT2D eigenvalue weighted by Crippen LogP contribution is 2.14. The molecule has 4 rings (SSSR count). The zero-order valence-electron chi connectivity index (χ0n) is 19.8. The number of piperazine rings is 1. The molecule has 3 aromatic rings. The van der Waals surface area contributed by atoms with Crippen molar-refractivity contribution in [2.24, 2.45) is 0 Å². The maximum Gasteiger partial charge on any atom is 0.329 e. The molecule has 2 amide bonds. The summed E-state index contributed by atoms with van der Waals surface area (Å²) in [5.74, 6) is 0.0406. The average molecular weight is 464 g/mol. The number of fused-ring (bicyclic) bond motifs is 1. The lowest BCUT2D eigenvalue weighted by Gasteiger charge is -2.34. The maximum atomic E-state index is 12.9. The second kappa shape index (κ2) is 11.2. The third-order valence-corrected chi connectivity index (χ3v) is 6.35. The minimum absolute atomic E-state index is 0.00789. The van der Waals surface area contributed by atoms with Crippen LogP contribution in [0.4, 0.5) is 0 Å². The molecule has 0 saturated carbocycles. The van der Waals surface area contributed by atoms with Crippen LogP contribution in [0, 0.1) is 0 Å². The molecule has 2 aromatic carbocycles. The van der Waals surface area contributed by atoms with Crippen molar-refractivity contribution in [3.63, 3.8) is 0 Å². The molecule has 1 aromatic heterocycles. The minimum Gasteiger partial charge on any atom is -0.351 e. The lowest BCUT2D eigenvalue weighted by molar-refractivity contribution is -0.133. The van der Waals surface area contributed by atoms with Crippen LogP contribution in [0.25, 0.3) is 11.0 Å². The van der Waals surface area contributed by atoms with E-state index in [0.717, 1.165) is 23.0 Å². The Balaban J connectivity index is 1.25. The third-order valence-electron chi connectivity index (χ3n) is 6.35. The number of nitrogens with zero attached hydrogens (tertiary/aromatic N) is 4. The summed E-state index contributed by atoms with van der Waals surface area (Å²) in [6.07, 6.45) is 1.17. The zero-order valence-corrected chi connectivity index (χ0v) is 19.8. The summed E-state index contributed by atoms with van der Waals surface area (Å²) in [5.41, 5.74) is 2.81. The summed E-state index contributed by atoms with van der Waals surface area (Å²) in [6.45, 7) is 6.47. The second-order valence-electron chi connectivity index (χ2n) is 8.74. The Labute approximate surface area is 199 Å². The molecule has 2 heterocycles. The molecular formula is C26H33N5O3. The number of amides is 2. The number of rotatable bonds is 9. The number of carbonyl (C=O) groups is 2. The van der Waals surface area contributed by atoms with Gasteiger partial charge in [-0.25, -0.2) is 4.79 Å². The summed E-state index contributed by atoms with van der Waals surface area (Å²) >= 11 is 0. The van der Waals surface area contributed by atoms with Crippen molar-refractivity contribution < 1.29 is 9.59 Å². The number of benzene rings is 2. The van der Waals surface area contributed by atoms with Crippen molar-refractivity contribution in [1.29, 1.82) is 0 Å². The van der Waals surface area contributed by atoms with Crippen LogP contribution in [0.15, 0.2) is 59.4 Å². The highest BCUT2D eigenvalue weighted by atomic mass is 16.2. The fourth-order valence-corrected chi connectivity index (χ4v) is 4.50. The van der Waals surface area contributed by atoms with Crippen molar-refractivity contribution in [3.8, 4) is 0 Å². The van der Waals surface area contributed by atoms with Crippen LogP contribution in [0.1, 0.15) is 25.3 Å². The Kier molecular flexibility index (Phi) is 7.80. The van der Waals surface area contributed by atoms with Gasteiger partial charge in [-0.2, -0.15) is 0 Å². The number of hydrogen-bond acceptors (Lipinski definition) is 4. The third kappa shape index (κ3) is 5.56. The molecule has 1 aliphatic heterocycles. The Hall–Kier alpha value is -3.39. The topological polar surface area (TPSA) is 79.6 Å². The van der Waals surface area contributed by atoms with E-state index in [1.807, 2.05) is 59.5 Å². The quantitative estimate of drug-likeness (QED) is 0.527. The van der Waals surface area contributed by atoms with Gasteiger partial charge in [0.15, 0.2) is 0 Å². The Morgan fingerprint density at radius 1 is 0.853 bits per heavy atom. The van der Waals surface area contributed by atoms with E-state index in [9.17, 15) is 14.4 Å². The molecule has 0 radical (unpaired) electrons. The number of imidazole rings is 1. The van der Waals surface area contributed by atoms with E-state index in [4.69, 9.17) is 0 Å². The van der Waals surface area contributed by atoms with Crippen LogP contribution >= 0.6 is 0 Å². The highest BCUT2D eigenvalue weighted by molar-refractivity contribution is 5.79. The van der Waals surface area contributed by atoms with Gasteiger partial charge in [-0.1, -0.05) is 49.4 Å². The van der Waals surface area contributed by atoms with E-state index in [1.54, 1.807) is 9.13 Å². The standard InChI is InChI=1S/C26H33N5O3/c1-2-13-30-22-10-6-7-11-23(22)31(26(30)34)14-12-25(33)29-17-15-28(16-18-29)20-24(32)27-19-21-8-4-3-5-9-21/h3-11H,2,12-20H2,1H3,(H,27,32). The Morgan fingerprint density at radius 2 is 1.47 bits per heavy atom. The van der Waals surface area contributed by atoms with Crippen LogP contribution < -0.4 is 11.0 Å². The van der Waals surface area contributed by atoms with Crippen LogP contribution in [-0.4, -0.2) is 63.5 Å². The molecule has 1 fully saturated rings. The van der Waals surface area contributed by atoms with E-state index in [0.29, 0.717) is 52.4 Å². The predicted octanol–water partition coefficient (Wildman–Crippen LogP) is 2.06. The molecule has 0 aliphatic carbocycles. The van der Waals surface area contributed by atoms with Gasteiger partial charge < -0.3 is 10.2 Å². The molecular weight excluding hydrogens is 430 g/mol. The summed E-state index contributed by atoms with van der Waals surface area (Å²) < 4.78 is 3.51. The molecule has 180 valence electrons. The van der Waals surface area contributed by atoms with E-state index >= 15 is 0 Å². The normalized spacial score (nSPS) is 14.4. The Morgan fingerprint density at radius 3 is 2.12 bits per heavy atom. The summed E-state index contributed by atoms with van der Waals surface area (Å²) in [4.78, 5) is 42.0. The van der Waals surface area contributed by atoms with Gasteiger partial charge in [-0.05, 0) is 24.1 Å². The van der Waals surface area contributed by atoms with Crippen molar-refractivity contribution in [2.45, 2.75) is 39.4 Å². The van der Waals surface area contributed by atoms with E-state index in [-0.39, 0.29) is 23.9 Å². The molecule has 1 N–H and O–H groups in total. The number of aromatic nitrogens is 2.